The molecule has 27 heavy (non-hydrogen) atoms. The van der Waals surface area contributed by atoms with Crippen LogP contribution in [0.15, 0.2) is 49.1 Å². The molecule has 4 rings (SSSR count). The van der Waals surface area contributed by atoms with Gasteiger partial charge in [-0.05, 0) is 37.5 Å². The van der Waals surface area contributed by atoms with Crippen molar-refractivity contribution < 1.29 is 0 Å². The molecule has 0 aliphatic carbocycles. The monoisotopic (exact) mass is 363 g/mol. The quantitative estimate of drug-likeness (QED) is 0.724. The highest BCUT2D eigenvalue weighted by atomic mass is 15.2. The van der Waals surface area contributed by atoms with Gasteiger partial charge in [0.15, 0.2) is 0 Å². The fourth-order valence-electron chi connectivity index (χ4n) is 3.55. The second kappa shape index (κ2) is 7.75. The van der Waals surface area contributed by atoms with Crippen molar-refractivity contribution in [1.29, 1.82) is 0 Å². The zero-order chi connectivity index (χ0) is 18.6. The number of rotatable bonds is 5. The second-order valence-electron chi connectivity index (χ2n) is 7.01. The third kappa shape index (κ3) is 4.25. The summed E-state index contributed by atoms with van der Waals surface area (Å²) < 4.78 is 2.03. The molecule has 1 aliphatic rings. The van der Waals surface area contributed by atoms with Gasteiger partial charge in [0.1, 0.15) is 5.82 Å². The number of anilines is 2. The Morgan fingerprint density at radius 2 is 2.04 bits per heavy atom. The topological polar surface area (TPSA) is 84.9 Å². The summed E-state index contributed by atoms with van der Waals surface area (Å²) in [6.45, 7) is 4.77. The maximum absolute atomic E-state index is 5.79. The van der Waals surface area contributed by atoms with Crippen molar-refractivity contribution in [2.45, 2.75) is 32.4 Å². The van der Waals surface area contributed by atoms with Crippen LogP contribution in [-0.2, 0) is 6.54 Å². The predicted octanol–water partition coefficient (Wildman–Crippen LogP) is 2.31. The molecular weight excluding hydrogens is 338 g/mol. The van der Waals surface area contributed by atoms with Gasteiger partial charge >= 0.3 is 0 Å². The first-order chi connectivity index (χ1) is 13.2. The molecule has 0 unspecified atom stereocenters. The van der Waals surface area contributed by atoms with Crippen LogP contribution >= 0.6 is 0 Å². The standard InChI is InChI=1S/C20H25N7/c1-15-11-19(25-20(21)24-15)26-8-5-17(6-9-26)23-13-16-3-2-4-18(12-16)27-10-7-22-14-27/h2-4,7,10-12,14,17,23H,5-6,8-9,13H2,1H3,(H2,21,24,25). The number of nitrogens with zero attached hydrogens (tertiary/aromatic N) is 5. The van der Waals surface area contributed by atoms with Crippen LogP contribution in [0.4, 0.5) is 11.8 Å². The van der Waals surface area contributed by atoms with Crippen LogP contribution in [0.25, 0.3) is 5.69 Å². The number of nitrogens with one attached hydrogen (secondary N) is 1. The first-order valence-electron chi connectivity index (χ1n) is 9.34. The van der Waals surface area contributed by atoms with Gasteiger partial charge in [-0.15, -0.1) is 0 Å². The summed E-state index contributed by atoms with van der Waals surface area (Å²) in [7, 11) is 0. The first-order valence-corrected chi connectivity index (χ1v) is 9.34. The summed E-state index contributed by atoms with van der Waals surface area (Å²) >= 11 is 0. The third-order valence-corrected chi connectivity index (χ3v) is 4.98. The van der Waals surface area contributed by atoms with E-state index in [4.69, 9.17) is 5.73 Å². The van der Waals surface area contributed by atoms with Crippen molar-refractivity contribution in [3.63, 3.8) is 0 Å². The number of imidazole rings is 1. The fourth-order valence-corrected chi connectivity index (χ4v) is 3.55. The molecule has 0 atom stereocenters. The van der Waals surface area contributed by atoms with Gasteiger partial charge in [-0.25, -0.2) is 9.97 Å². The van der Waals surface area contributed by atoms with Crippen LogP contribution in [0.1, 0.15) is 24.1 Å². The molecule has 3 N–H and O–H groups in total. The maximum Gasteiger partial charge on any atom is 0.222 e. The van der Waals surface area contributed by atoms with Crippen molar-refractivity contribution in [3.8, 4) is 5.69 Å². The number of hydrogen-bond acceptors (Lipinski definition) is 6. The van der Waals surface area contributed by atoms with E-state index in [1.165, 1.54) is 5.56 Å². The second-order valence-corrected chi connectivity index (χ2v) is 7.01. The molecule has 0 spiro atoms. The van der Waals surface area contributed by atoms with Crippen LogP contribution < -0.4 is 16.0 Å². The summed E-state index contributed by atoms with van der Waals surface area (Å²) in [5.41, 5.74) is 9.12. The Hall–Kier alpha value is -2.93. The molecule has 7 heteroatoms. The third-order valence-electron chi connectivity index (χ3n) is 4.98. The molecular formula is C20H25N7. The number of nitrogen functional groups attached to an aromatic ring is 1. The lowest BCUT2D eigenvalue weighted by atomic mass is 10.0. The van der Waals surface area contributed by atoms with Crippen molar-refractivity contribution in [1.82, 2.24) is 24.8 Å². The van der Waals surface area contributed by atoms with Gasteiger partial charge < -0.3 is 20.5 Å². The van der Waals surface area contributed by atoms with E-state index < -0.39 is 0 Å². The Balaban J connectivity index is 1.31. The highest BCUT2D eigenvalue weighted by molar-refractivity contribution is 5.43. The summed E-state index contributed by atoms with van der Waals surface area (Å²) in [4.78, 5) is 14.9. The van der Waals surface area contributed by atoms with Gasteiger partial charge in [0, 0.05) is 55.5 Å². The number of nitrogens with two attached hydrogens (primary N) is 1. The molecule has 0 saturated carbocycles. The van der Waals surface area contributed by atoms with Crippen LogP contribution in [-0.4, -0.2) is 38.7 Å². The number of piperidine rings is 1. The minimum absolute atomic E-state index is 0.350. The Morgan fingerprint density at radius 3 is 2.78 bits per heavy atom. The molecule has 0 radical (unpaired) electrons. The van der Waals surface area contributed by atoms with Crippen molar-refractivity contribution in [2.24, 2.45) is 0 Å². The normalized spacial score (nSPS) is 15.2. The zero-order valence-electron chi connectivity index (χ0n) is 15.5. The molecule has 1 saturated heterocycles. The average Bonchev–Trinajstić information content (AvgIpc) is 3.21. The Morgan fingerprint density at radius 1 is 1.19 bits per heavy atom. The predicted molar refractivity (Wildman–Crippen MR) is 107 cm³/mol. The largest absolute Gasteiger partial charge is 0.368 e. The fraction of sp³-hybridized carbons (Fsp3) is 0.350. The van der Waals surface area contributed by atoms with Crippen LogP contribution in [0.2, 0.25) is 0 Å². The summed E-state index contributed by atoms with van der Waals surface area (Å²) in [6, 6.07) is 11.1. The molecule has 7 nitrogen and oxygen atoms in total. The highest BCUT2D eigenvalue weighted by Crippen LogP contribution is 2.20. The number of aryl methyl sites for hydroxylation is 1. The van der Waals surface area contributed by atoms with Crippen LogP contribution in [0, 0.1) is 6.92 Å². The average molecular weight is 363 g/mol. The molecule has 0 amide bonds. The molecule has 0 bridgehead atoms. The molecule has 2 aromatic heterocycles. The molecule has 3 aromatic rings. The molecule has 1 aliphatic heterocycles. The highest BCUT2D eigenvalue weighted by Gasteiger charge is 2.20. The number of benzene rings is 1. The van der Waals surface area contributed by atoms with E-state index in [-0.39, 0.29) is 0 Å². The van der Waals surface area contributed by atoms with Gasteiger partial charge in [-0.1, -0.05) is 12.1 Å². The van der Waals surface area contributed by atoms with Gasteiger partial charge in [0.25, 0.3) is 0 Å². The van der Waals surface area contributed by atoms with E-state index in [0.717, 1.165) is 49.7 Å². The summed E-state index contributed by atoms with van der Waals surface area (Å²) in [5, 5.41) is 3.70. The number of hydrogen-bond donors (Lipinski definition) is 2. The summed E-state index contributed by atoms with van der Waals surface area (Å²) in [6.07, 6.45) is 7.76. The lowest BCUT2D eigenvalue weighted by molar-refractivity contribution is 0.412. The Labute approximate surface area is 159 Å². The Bertz CT molecular complexity index is 863. The number of aromatic nitrogens is 4. The lowest BCUT2D eigenvalue weighted by Gasteiger charge is -2.33. The van der Waals surface area contributed by atoms with Crippen LogP contribution in [0.5, 0.6) is 0 Å². The van der Waals surface area contributed by atoms with Gasteiger partial charge in [-0.3, -0.25) is 0 Å². The van der Waals surface area contributed by atoms with Gasteiger partial charge in [0.05, 0.1) is 6.33 Å². The van der Waals surface area contributed by atoms with Crippen LogP contribution in [0.3, 0.4) is 0 Å². The van der Waals surface area contributed by atoms with Gasteiger partial charge in [0.2, 0.25) is 5.95 Å². The molecule has 3 heterocycles. The first kappa shape index (κ1) is 17.5. The van der Waals surface area contributed by atoms with E-state index in [1.807, 2.05) is 30.1 Å². The maximum atomic E-state index is 5.79. The van der Waals surface area contributed by atoms with Crippen molar-refractivity contribution >= 4 is 11.8 Å². The summed E-state index contributed by atoms with van der Waals surface area (Å²) in [5.74, 6) is 1.29. The Kier molecular flexibility index (Phi) is 5.02. The van der Waals surface area contributed by atoms with Crippen molar-refractivity contribution in [3.05, 3.63) is 60.3 Å². The zero-order valence-corrected chi connectivity index (χ0v) is 15.5. The van der Waals surface area contributed by atoms with Crippen molar-refractivity contribution in [2.75, 3.05) is 23.7 Å². The van der Waals surface area contributed by atoms with E-state index in [0.29, 0.717) is 12.0 Å². The van der Waals surface area contributed by atoms with E-state index in [9.17, 15) is 0 Å². The minimum Gasteiger partial charge on any atom is -0.368 e. The van der Waals surface area contributed by atoms with E-state index in [2.05, 4.69) is 49.4 Å². The lowest BCUT2D eigenvalue weighted by Crippen LogP contribution is -2.42. The minimum atomic E-state index is 0.350. The molecule has 1 aromatic carbocycles. The smallest absolute Gasteiger partial charge is 0.222 e. The SMILES string of the molecule is Cc1cc(N2CCC(NCc3cccc(-n4ccnc4)c3)CC2)nc(N)n1. The molecule has 140 valence electrons. The van der Waals surface area contributed by atoms with Gasteiger partial charge in [-0.2, -0.15) is 4.98 Å². The van der Waals surface area contributed by atoms with E-state index in [1.54, 1.807) is 6.20 Å². The molecule has 1 fully saturated rings. The van der Waals surface area contributed by atoms with E-state index >= 15 is 0 Å².